The highest BCUT2D eigenvalue weighted by Crippen LogP contribution is 2.51. The molecule has 3 rings (SSSR count). The van der Waals surface area contributed by atoms with Crippen LogP contribution in [0.1, 0.15) is 44.8 Å². The normalized spacial score (nSPS) is 21.2. The molecule has 1 fully saturated rings. The molecule has 1 atom stereocenters. The summed E-state index contributed by atoms with van der Waals surface area (Å²) in [6.07, 6.45) is 3.38. The average Bonchev–Trinajstić information content (AvgIpc) is 2.91. The molecule has 106 valence electrons. The van der Waals surface area contributed by atoms with Crippen molar-refractivity contribution in [2.24, 2.45) is 5.41 Å². The van der Waals surface area contributed by atoms with Gasteiger partial charge in [-0.1, -0.05) is 37.6 Å². The second-order valence-corrected chi connectivity index (χ2v) is 6.25. The fourth-order valence-corrected chi connectivity index (χ4v) is 3.30. The van der Waals surface area contributed by atoms with E-state index in [2.05, 4.69) is 19.0 Å². The van der Waals surface area contributed by atoms with Crippen LogP contribution in [0.15, 0.2) is 28.8 Å². The molecular formula is C16H19FN2O. The van der Waals surface area contributed by atoms with E-state index in [0.29, 0.717) is 5.82 Å². The molecule has 0 bridgehead atoms. The molecule has 1 aliphatic carbocycles. The number of nitrogen functional groups attached to an aromatic ring is 1. The molecule has 0 saturated heterocycles. The monoisotopic (exact) mass is 274 g/mol. The van der Waals surface area contributed by atoms with E-state index in [1.165, 1.54) is 18.6 Å². The van der Waals surface area contributed by atoms with Crippen molar-refractivity contribution in [1.29, 1.82) is 0 Å². The zero-order chi connectivity index (χ0) is 14.3. The summed E-state index contributed by atoms with van der Waals surface area (Å²) >= 11 is 0. The molecule has 1 aromatic carbocycles. The predicted octanol–water partition coefficient (Wildman–Crippen LogP) is 4.36. The van der Waals surface area contributed by atoms with E-state index in [1.54, 1.807) is 6.07 Å². The first kappa shape index (κ1) is 13.2. The summed E-state index contributed by atoms with van der Waals surface area (Å²) in [7, 11) is 0. The predicted molar refractivity (Wildman–Crippen MR) is 76.7 cm³/mol. The molecular weight excluding hydrogens is 255 g/mol. The van der Waals surface area contributed by atoms with E-state index in [0.717, 1.165) is 29.7 Å². The maximum atomic E-state index is 13.5. The molecule has 1 aromatic heterocycles. The molecule has 4 heteroatoms. The topological polar surface area (TPSA) is 52.0 Å². The van der Waals surface area contributed by atoms with Crippen molar-refractivity contribution >= 4 is 5.82 Å². The number of nitrogens with zero attached hydrogens (tertiary/aromatic N) is 1. The molecule has 1 heterocycles. The van der Waals surface area contributed by atoms with Crippen LogP contribution >= 0.6 is 0 Å². The van der Waals surface area contributed by atoms with Crippen LogP contribution in [0.4, 0.5) is 10.2 Å². The first-order chi connectivity index (χ1) is 9.49. The van der Waals surface area contributed by atoms with Crippen LogP contribution in [0.2, 0.25) is 0 Å². The number of hydrogen-bond acceptors (Lipinski definition) is 3. The van der Waals surface area contributed by atoms with Crippen molar-refractivity contribution < 1.29 is 8.91 Å². The number of hydrogen-bond donors (Lipinski definition) is 1. The van der Waals surface area contributed by atoms with Crippen LogP contribution in [-0.4, -0.2) is 5.16 Å². The second kappa shape index (κ2) is 4.62. The second-order valence-electron chi connectivity index (χ2n) is 6.25. The number of anilines is 1. The van der Waals surface area contributed by atoms with Gasteiger partial charge in [0.25, 0.3) is 0 Å². The van der Waals surface area contributed by atoms with Crippen molar-refractivity contribution in [3.8, 4) is 11.1 Å². The van der Waals surface area contributed by atoms with E-state index < -0.39 is 0 Å². The standard InChI is InChI=1S/C16H19FN2O/c1-16(2)8-4-7-12(16)14-13(15(18)19-20-14)10-5-3-6-11(17)9-10/h3,5-6,9,12H,4,7-8H2,1-2H3,(H2,18,19). The summed E-state index contributed by atoms with van der Waals surface area (Å²) < 4.78 is 19.0. The van der Waals surface area contributed by atoms with Crippen molar-refractivity contribution in [3.05, 3.63) is 35.8 Å². The molecule has 20 heavy (non-hydrogen) atoms. The van der Waals surface area contributed by atoms with Crippen LogP contribution < -0.4 is 5.73 Å². The Morgan fingerprint density at radius 3 is 2.85 bits per heavy atom. The average molecular weight is 274 g/mol. The largest absolute Gasteiger partial charge is 0.380 e. The maximum Gasteiger partial charge on any atom is 0.175 e. The SMILES string of the molecule is CC1(C)CCCC1c1onc(N)c1-c1cccc(F)c1. The lowest BCUT2D eigenvalue weighted by Gasteiger charge is -2.25. The smallest absolute Gasteiger partial charge is 0.175 e. The third-order valence-electron chi connectivity index (χ3n) is 4.43. The lowest BCUT2D eigenvalue weighted by atomic mass is 9.79. The Bertz CT molecular complexity index is 633. The minimum atomic E-state index is -0.278. The fraction of sp³-hybridized carbons (Fsp3) is 0.438. The fourth-order valence-electron chi connectivity index (χ4n) is 3.30. The lowest BCUT2D eigenvalue weighted by molar-refractivity contribution is 0.269. The van der Waals surface area contributed by atoms with Gasteiger partial charge >= 0.3 is 0 Å². The van der Waals surface area contributed by atoms with Crippen molar-refractivity contribution in [2.45, 2.75) is 39.0 Å². The summed E-state index contributed by atoms with van der Waals surface area (Å²) in [5.41, 5.74) is 7.60. The van der Waals surface area contributed by atoms with Gasteiger partial charge in [0.1, 0.15) is 11.6 Å². The Morgan fingerprint density at radius 1 is 1.40 bits per heavy atom. The molecule has 0 radical (unpaired) electrons. The van der Waals surface area contributed by atoms with Gasteiger partial charge in [-0.2, -0.15) is 0 Å². The Morgan fingerprint density at radius 2 is 2.20 bits per heavy atom. The molecule has 1 saturated carbocycles. The van der Waals surface area contributed by atoms with Crippen LogP contribution in [-0.2, 0) is 0 Å². The zero-order valence-corrected chi connectivity index (χ0v) is 11.8. The Kier molecular flexibility index (Phi) is 3.04. The Balaban J connectivity index is 2.11. The molecule has 0 amide bonds. The molecule has 1 unspecified atom stereocenters. The third kappa shape index (κ3) is 2.09. The van der Waals surface area contributed by atoms with E-state index >= 15 is 0 Å². The molecule has 3 nitrogen and oxygen atoms in total. The molecule has 0 aliphatic heterocycles. The van der Waals surface area contributed by atoms with E-state index in [-0.39, 0.29) is 17.2 Å². The molecule has 0 spiro atoms. The Hall–Kier alpha value is -1.84. The molecule has 2 N–H and O–H groups in total. The van der Waals surface area contributed by atoms with Crippen molar-refractivity contribution in [1.82, 2.24) is 5.16 Å². The minimum Gasteiger partial charge on any atom is -0.380 e. The summed E-state index contributed by atoms with van der Waals surface area (Å²) in [5.74, 6) is 1.15. The van der Waals surface area contributed by atoms with Crippen LogP contribution in [0.25, 0.3) is 11.1 Å². The number of halogens is 1. The van der Waals surface area contributed by atoms with Gasteiger partial charge in [-0.15, -0.1) is 0 Å². The van der Waals surface area contributed by atoms with Gasteiger partial charge in [0.05, 0.1) is 5.56 Å². The number of aromatic nitrogens is 1. The summed E-state index contributed by atoms with van der Waals surface area (Å²) in [5, 5.41) is 3.91. The summed E-state index contributed by atoms with van der Waals surface area (Å²) in [4.78, 5) is 0. The summed E-state index contributed by atoms with van der Waals surface area (Å²) in [6.45, 7) is 4.47. The quantitative estimate of drug-likeness (QED) is 0.885. The van der Waals surface area contributed by atoms with Crippen LogP contribution in [0.5, 0.6) is 0 Å². The maximum absolute atomic E-state index is 13.5. The van der Waals surface area contributed by atoms with Gasteiger partial charge in [-0.3, -0.25) is 0 Å². The van der Waals surface area contributed by atoms with Crippen molar-refractivity contribution in [2.75, 3.05) is 5.73 Å². The van der Waals surface area contributed by atoms with Gasteiger partial charge in [0, 0.05) is 5.92 Å². The summed E-state index contributed by atoms with van der Waals surface area (Å²) in [6, 6.07) is 6.43. The van der Waals surface area contributed by atoms with Gasteiger partial charge in [-0.05, 0) is 36.0 Å². The van der Waals surface area contributed by atoms with Gasteiger partial charge in [0.2, 0.25) is 0 Å². The van der Waals surface area contributed by atoms with E-state index in [4.69, 9.17) is 10.3 Å². The number of benzene rings is 1. The first-order valence-corrected chi connectivity index (χ1v) is 7.00. The van der Waals surface area contributed by atoms with Crippen LogP contribution in [0.3, 0.4) is 0 Å². The highest BCUT2D eigenvalue weighted by molar-refractivity contribution is 5.76. The number of nitrogens with two attached hydrogens (primary N) is 1. The highest BCUT2D eigenvalue weighted by Gasteiger charge is 2.40. The third-order valence-corrected chi connectivity index (χ3v) is 4.43. The van der Waals surface area contributed by atoms with Gasteiger partial charge in [-0.25, -0.2) is 4.39 Å². The van der Waals surface area contributed by atoms with Crippen molar-refractivity contribution in [3.63, 3.8) is 0 Å². The zero-order valence-electron chi connectivity index (χ0n) is 11.8. The highest BCUT2D eigenvalue weighted by atomic mass is 19.1. The van der Waals surface area contributed by atoms with E-state index in [1.807, 2.05) is 6.07 Å². The first-order valence-electron chi connectivity index (χ1n) is 7.00. The molecule has 1 aliphatic rings. The molecule has 2 aromatic rings. The van der Waals surface area contributed by atoms with Gasteiger partial charge in [0.15, 0.2) is 5.82 Å². The Labute approximate surface area is 118 Å². The minimum absolute atomic E-state index is 0.161. The number of rotatable bonds is 2. The van der Waals surface area contributed by atoms with E-state index in [9.17, 15) is 4.39 Å². The lowest BCUT2D eigenvalue weighted by Crippen LogP contribution is -2.15. The van der Waals surface area contributed by atoms with Gasteiger partial charge < -0.3 is 10.3 Å². The van der Waals surface area contributed by atoms with Crippen LogP contribution in [0, 0.1) is 11.2 Å².